The molecule has 0 amide bonds. The summed E-state index contributed by atoms with van der Waals surface area (Å²) in [7, 11) is 1.56. The van der Waals surface area contributed by atoms with Crippen LogP contribution in [-0.2, 0) is 6.42 Å². The molecule has 0 aromatic heterocycles. The molecule has 0 heterocycles. The highest BCUT2D eigenvalue weighted by Gasteiger charge is 2.05. The minimum Gasteiger partial charge on any atom is -0.496 e. The first kappa shape index (κ1) is 8.89. The van der Waals surface area contributed by atoms with Crippen LogP contribution in [-0.4, -0.2) is 7.11 Å². The molecule has 0 unspecified atom stereocenters. The predicted molar refractivity (Wildman–Crippen MR) is 47.3 cm³/mol. The fraction of sp³-hybridized carbons (Fsp3) is 0.222. The maximum absolute atomic E-state index is 8.50. The maximum atomic E-state index is 8.50. The van der Waals surface area contributed by atoms with Crippen molar-refractivity contribution in [3.63, 3.8) is 0 Å². The smallest absolute Gasteiger partial charge is 0.124 e. The molecule has 0 N–H and O–H groups in total. The third-order valence-corrected chi connectivity index (χ3v) is 1.91. The fourth-order valence-corrected chi connectivity index (χ4v) is 1.21. The molecule has 12 heavy (non-hydrogen) atoms. The van der Waals surface area contributed by atoms with Crippen LogP contribution in [0.4, 0.5) is 0 Å². The van der Waals surface area contributed by atoms with Gasteiger partial charge in [0.25, 0.3) is 0 Å². The fourth-order valence-electron chi connectivity index (χ4n) is 0.981. The number of methoxy groups -OCH3 is 1. The Labute approximate surface area is 76.3 Å². The van der Waals surface area contributed by atoms with Crippen LogP contribution in [0.25, 0.3) is 0 Å². The Morgan fingerprint density at radius 2 is 2.33 bits per heavy atom. The van der Waals surface area contributed by atoms with Crippen molar-refractivity contribution in [2.24, 2.45) is 0 Å². The summed E-state index contributed by atoms with van der Waals surface area (Å²) in [6.45, 7) is 0. The lowest BCUT2D eigenvalue weighted by molar-refractivity contribution is 0.411. The Balaban J connectivity index is 3.12. The Morgan fingerprint density at radius 1 is 1.58 bits per heavy atom. The van der Waals surface area contributed by atoms with Gasteiger partial charge in [-0.3, -0.25) is 0 Å². The lowest BCUT2D eigenvalue weighted by Gasteiger charge is -2.05. The van der Waals surface area contributed by atoms with Gasteiger partial charge in [-0.05, 0) is 12.1 Å². The summed E-state index contributed by atoms with van der Waals surface area (Å²) in [6, 6.07) is 7.37. The van der Waals surface area contributed by atoms with E-state index in [1.165, 1.54) is 0 Å². The molecule has 0 radical (unpaired) electrons. The molecule has 0 atom stereocenters. The monoisotopic (exact) mass is 181 g/mol. The number of nitrogens with zero attached hydrogens (tertiary/aromatic N) is 1. The molecule has 62 valence electrons. The van der Waals surface area contributed by atoms with Crippen molar-refractivity contribution in [2.75, 3.05) is 7.11 Å². The molecule has 2 nitrogen and oxygen atoms in total. The third-order valence-electron chi connectivity index (χ3n) is 1.55. The molecule has 1 aromatic carbocycles. The van der Waals surface area contributed by atoms with Gasteiger partial charge in [-0.25, -0.2) is 0 Å². The topological polar surface area (TPSA) is 33.0 Å². The highest BCUT2D eigenvalue weighted by Crippen LogP contribution is 2.26. The second-order valence-electron chi connectivity index (χ2n) is 2.26. The van der Waals surface area contributed by atoms with E-state index < -0.39 is 0 Å². The van der Waals surface area contributed by atoms with E-state index in [1.54, 1.807) is 25.3 Å². The number of ether oxygens (including phenoxy) is 1. The molecule has 0 spiro atoms. The zero-order valence-corrected chi connectivity index (χ0v) is 7.43. The summed E-state index contributed by atoms with van der Waals surface area (Å²) < 4.78 is 5.04. The molecule has 0 aliphatic rings. The largest absolute Gasteiger partial charge is 0.496 e. The van der Waals surface area contributed by atoms with Crippen LogP contribution < -0.4 is 4.74 Å². The number of halogens is 1. The molecule has 3 heteroatoms. The first-order valence-corrected chi connectivity index (χ1v) is 3.85. The summed E-state index contributed by atoms with van der Waals surface area (Å²) >= 11 is 5.86. The molecule has 0 aliphatic carbocycles. The summed E-state index contributed by atoms with van der Waals surface area (Å²) in [4.78, 5) is 0. The zero-order chi connectivity index (χ0) is 8.97. The molecule has 0 aliphatic heterocycles. The molecule has 0 saturated heterocycles. The van der Waals surface area contributed by atoms with Gasteiger partial charge in [-0.15, -0.1) is 0 Å². The van der Waals surface area contributed by atoms with Crippen molar-refractivity contribution in [1.82, 2.24) is 0 Å². The van der Waals surface area contributed by atoms with Crippen LogP contribution in [0.5, 0.6) is 5.75 Å². The minimum absolute atomic E-state index is 0.281. The molecule has 0 saturated carbocycles. The summed E-state index contributed by atoms with van der Waals surface area (Å²) in [5, 5.41) is 9.08. The van der Waals surface area contributed by atoms with E-state index in [0.29, 0.717) is 10.8 Å². The van der Waals surface area contributed by atoms with Crippen LogP contribution in [0.3, 0.4) is 0 Å². The number of hydrogen-bond donors (Lipinski definition) is 0. The lowest BCUT2D eigenvalue weighted by atomic mass is 10.1. The van der Waals surface area contributed by atoms with Crippen molar-refractivity contribution in [3.05, 3.63) is 28.8 Å². The van der Waals surface area contributed by atoms with Crippen molar-refractivity contribution < 1.29 is 4.74 Å². The van der Waals surface area contributed by atoms with E-state index >= 15 is 0 Å². The minimum atomic E-state index is 0.281. The first-order valence-electron chi connectivity index (χ1n) is 3.48. The molecular formula is C9H8ClNO. The van der Waals surface area contributed by atoms with Gasteiger partial charge in [0.05, 0.1) is 19.6 Å². The Kier molecular flexibility index (Phi) is 2.95. The van der Waals surface area contributed by atoms with Crippen LogP contribution in [0.1, 0.15) is 5.56 Å². The van der Waals surface area contributed by atoms with E-state index in [0.717, 1.165) is 5.56 Å². The van der Waals surface area contributed by atoms with Gasteiger partial charge < -0.3 is 4.74 Å². The van der Waals surface area contributed by atoms with E-state index in [1.807, 2.05) is 6.07 Å². The first-order chi connectivity index (χ1) is 5.79. The number of rotatable bonds is 2. The highest BCUT2D eigenvalue weighted by atomic mass is 35.5. The van der Waals surface area contributed by atoms with Crippen LogP contribution in [0.15, 0.2) is 18.2 Å². The van der Waals surface area contributed by atoms with E-state index in [4.69, 9.17) is 21.6 Å². The molecule has 1 rings (SSSR count). The SMILES string of the molecule is COc1cccc(Cl)c1CC#N. The van der Waals surface area contributed by atoms with Crippen molar-refractivity contribution >= 4 is 11.6 Å². The van der Waals surface area contributed by atoms with Gasteiger partial charge >= 0.3 is 0 Å². The predicted octanol–water partition coefficient (Wildman–Crippen LogP) is 2.41. The number of benzene rings is 1. The van der Waals surface area contributed by atoms with E-state index in [9.17, 15) is 0 Å². The third kappa shape index (κ3) is 1.69. The zero-order valence-electron chi connectivity index (χ0n) is 6.67. The van der Waals surface area contributed by atoms with Crippen molar-refractivity contribution in [2.45, 2.75) is 6.42 Å². The number of nitriles is 1. The van der Waals surface area contributed by atoms with E-state index in [-0.39, 0.29) is 6.42 Å². The number of hydrogen-bond acceptors (Lipinski definition) is 2. The summed E-state index contributed by atoms with van der Waals surface area (Å²) in [5.74, 6) is 0.670. The van der Waals surface area contributed by atoms with Gasteiger partial charge in [0.1, 0.15) is 5.75 Å². The van der Waals surface area contributed by atoms with Crippen LogP contribution in [0.2, 0.25) is 5.02 Å². The second-order valence-corrected chi connectivity index (χ2v) is 2.66. The molecule has 0 fully saturated rings. The average molecular weight is 182 g/mol. The maximum Gasteiger partial charge on any atom is 0.124 e. The summed E-state index contributed by atoms with van der Waals surface area (Å²) in [6.07, 6.45) is 0.281. The average Bonchev–Trinajstić information content (AvgIpc) is 2.09. The normalized spacial score (nSPS) is 9.08. The molecule has 1 aromatic rings. The highest BCUT2D eigenvalue weighted by molar-refractivity contribution is 6.31. The Morgan fingerprint density at radius 3 is 2.92 bits per heavy atom. The quantitative estimate of drug-likeness (QED) is 0.702. The Bertz CT molecular complexity index is 317. The summed E-state index contributed by atoms with van der Waals surface area (Å²) in [5.41, 5.74) is 0.754. The van der Waals surface area contributed by atoms with Crippen LogP contribution >= 0.6 is 11.6 Å². The van der Waals surface area contributed by atoms with E-state index in [2.05, 4.69) is 0 Å². The van der Waals surface area contributed by atoms with Gasteiger partial charge in [0.15, 0.2) is 0 Å². The van der Waals surface area contributed by atoms with Gasteiger partial charge in [-0.1, -0.05) is 17.7 Å². The van der Waals surface area contributed by atoms with Gasteiger partial charge in [-0.2, -0.15) is 5.26 Å². The second kappa shape index (κ2) is 3.99. The molecular weight excluding hydrogens is 174 g/mol. The van der Waals surface area contributed by atoms with Gasteiger partial charge in [0, 0.05) is 10.6 Å². The van der Waals surface area contributed by atoms with Crippen LogP contribution in [0, 0.1) is 11.3 Å². The standard InChI is InChI=1S/C9H8ClNO/c1-12-9-4-2-3-8(10)7(9)5-6-11/h2-4H,5H2,1H3. The van der Waals surface area contributed by atoms with Crippen molar-refractivity contribution in [1.29, 1.82) is 5.26 Å². The Hall–Kier alpha value is -1.20. The lowest BCUT2D eigenvalue weighted by Crippen LogP contribution is -1.91. The van der Waals surface area contributed by atoms with Crippen molar-refractivity contribution in [3.8, 4) is 11.8 Å². The molecule has 0 bridgehead atoms. The van der Waals surface area contributed by atoms with Gasteiger partial charge in [0.2, 0.25) is 0 Å².